The number of thiazole rings is 1. The molecule has 0 aromatic carbocycles. The van der Waals surface area contributed by atoms with Crippen molar-refractivity contribution >= 4 is 23.1 Å². The van der Waals surface area contributed by atoms with Crippen LogP contribution >= 0.6 is 11.3 Å². The topological polar surface area (TPSA) is 58.1 Å². The number of carbonyl (C=O) groups is 1. The number of nitrogens with one attached hydrogen (secondary N) is 1. The molecule has 0 aliphatic heterocycles. The van der Waals surface area contributed by atoms with Crippen LogP contribution in [0.2, 0.25) is 0 Å². The van der Waals surface area contributed by atoms with Crippen molar-refractivity contribution in [1.82, 2.24) is 14.9 Å². The molecule has 0 bridgehead atoms. The van der Waals surface area contributed by atoms with Gasteiger partial charge < -0.3 is 10.2 Å². The lowest BCUT2D eigenvalue weighted by atomic mass is 10.4. The minimum Gasteiger partial charge on any atom is -0.322 e. The molecular formula is C12H14N4OS. The summed E-state index contributed by atoms with van der Waals surface area (Å²) in [5, 5.41) is 5.76. The number of aromatic nitrogens is 2. The van der Waals surface area contributed by atoms with Gasteiger partial charge in [-0.15, -0.1) is 11.3 Å². The Bertz CT molecular complexity index is 526. The lowest BCUT2D eigenvalue weighted by Crippen LogP contribution is -2.30. The van der Waals surface area contributed by atoms with Gasteiger partial charge in [-0.2, -0.15) is 0 Å². The Labute approximate surface area is 109 Å². The van der Waals surface area contributed by atoms with Crippen LogP contribution in [0.1, 0.15) is 10.7 Å². The maximum atomic E-state index is 11.9. The first-order valence-corrected chi connectivity index (χ1v) is 6.36. The van der Waals surface area contributed by atoms with Crippen LogP contribution in [-0.4, -0.2) is 27.9 Å². The third-order valence-electron chi connectivity index (χ3n) is 2.34. The molecule has 0 aliphatic rings. The number of carbonyl (C=O) groups excluding carboxylic acids is 1. The normalized spacial score (nSPS) is 10.1. The van der Waals surface area contributed by atoms with E-state index in [1.165, 1.54) is 0 Å². The first-order chi connectivity index (χ1) is 8.65. The van der Waals surface area contributed by atoms with Crippen LogP contribution in [0.4, 0.5) is 10.5 Å². The van der Waals surface area contributed by atoms with E-state index in [0.717, 1.165) is 16.4 Å². The van der Waals surface area contributed by atoms with Crippen molar-refractivity contribution in [3.63, 3.8) is 0 Å². The van der Waals surface area contributed by atoms with Gasteiger partial charge in [0.1, 0.15) is 0 Å². The fraction of sp³-hybridized carbons (Fsp3) is 0.250. The summed E-state index contributed by atoms with van der Waals surface area (Å²) in [6.07, 6.45) is 3.28. The highest BCUT2D eigenvalue weighted by Crippen LogP contribution is 2.11. The highest BCUT2D eigenvalue weighted by atomic mass is 32.1. The SMILES string of the molecule is Cc1nc(CN(C)C(=O)Nc2ccncc2)cs1. The second-order valence-corrected chi connectivity index (χ2v) is 4.94. The summed E-state index contributed by atoms with van der Waals surface area (Å²) in [5.74, 6) is 0. The number of pyridine rings is 1. The summed E-state index contributed by atoms with van der Waals surface area (Å²) in [7, 11) is 1.74. The van der Waals surface area contributed by atoms with Gasteiger partial charge >= 0.3 is 6.03 Å². The van der Waals surface area contributed by atoms with Gasteiger partial charge in [-0.1, -0.05) is 0 Å². The van der Waals surface area contributed by atoms with Crippen molar-refractivity contribution in [2.45, 2.75) is 13.5 Å². The largest absolute Gasteiger partial charge is 0.322 e. The van der Waals surface area contributed by atoms with Crippen LogP contribution in [0.3, 0.4) is 0 Å². The van der Waals surface area contributed by atoms with Crippen molar-refractivity contribution in [3.8, 4) is 0 Å². The highest BCUT2D eigenvalue weighted by Gasteiger charge is 2.10. The molecule has 0 spiro atoms. The smallest absolute Gasteiger partial charge is 0.321 e. The molecule has 0 atom stereocenters. The van der Waals surface area contributed by atoms with Gasteiger partial charge in [-0.25, -0.2) is 9.78 Å². The number of anilines is 1. The Morgan fingerprint density at radius 2 is 2.17 bits per heavy atom. The Hall–Kier alpha value is -1.95. The van der Waals surface area contributed by atoms with E-state index in [4.69, 9.17) is 0 Å². The second kappa shape index (κ2) is 5.59. The molecular weight excluding hydrogens is 248 g/mol. The molecule has 2 aromatic rings. The predicted molar refractivity (Wildman–Crippen MR) is 71.6 cm³/mol. The predicted octanol–water partition coefficient (Wildman–Crippen LogP) is 2.51. The number of hydrogen-bond acceptors (Lipinski definition) is 4. The molecule has 2 amide bonds. The van der Waals surface area contributed by atoms with Gasteiger partial charge in [0, 0.05) is 30.5 Å². The monoisotopic (exact) mass is 262 g/mol. The van der Waals surface area contributed by atoms with Gasteiger partial charge in [0.05, 0.1) is 17.2 Å². The molecule has 2 heterocycles. The summed E-state index contributed by atoms with van der Waals surface area (Å²) >= 11 is 1.58. The summed E-state index contributed by atoms with van der Waals surface area (Å²) in [6.45, 7) is 2.45. The van der Waals surface area contributed by atoms with Crippen molar-refractivity contribution in [3.05, 3.63) is 40.6 Å². The summed E-state index contributed by atoms with van der Waals surface area (Å²) in [5.41, 5.74) is 1.64. The second-order valence-electron chi connectivity index (χ2n) is 3.88. The number of rotatable bonds is 3. The van der Waals surface area contributed by atoms with Crippen LogP contribution in [-0.2, 0) is 6.54 Å². The van der Waals surface area contributed by atoms with Crippen molar-refractivity contribution in [1.29, 1.82) is 0 Å². The number of nitrogens with zero attached hydrogens (tertiary/aromatic N) is 3. The van der Waals surface area contributed by atoms with Crippen LogP contribution < -0.4 is 5.32 Å². The van der Waals surface area contributed by atoms with E-state index < -0.39 is 0 Å². The van der Waals surface area contributed by atoms with Crippen LogP contribution in [0, 0.1) is 6.92 Å². The lowest BCUT2D eigenvalue weighted by molar-refractivity contribution is 0.220. The van der Waals surface area contributed by atoms with Gasteiger partial charge in [0.15, 0.2) is 0 Å². The summed E-state index contributed by atoms with van der Waals surface area (Å²) in [6, 6.07) is 3.34. The van der Waals surface area contributed by atoms with Gasteiger partial charge in [0.2, 0.25) is 0 Å². The van der Waals surface area contributed by atoms with Crippen molar-refractivity contribution in [2.24, 2.45) is 0 Å². The molecule has 18 heavy (non-hydrogen) atoms. The van der Waals surface area contributed by atoms with Crippen LogP contribution in [0.5, 0.6) is 0 Å². The van der Waals surface area contributed by atoms with Gasteiger partial charge in [0.25, 0.3) is 0 Å². The maximum absolute atomic E-state index is 11.9. The zero-order chi connectivity index (χ0) is 13.0. The molecule has 94 valence electrons. The van der Waals surface area contributed by atoms with Crippen molar-refractivity contribution < 1.29 is 4.79 Å². The number of aryl methyl sites for hydroxylation is 1. The molecule has 0 saturated heterocycles. The third kappa shape index (κ3) is 3.27. The Morgan fingerprint density at radius 1 is 1.44 bits per heavy atom. The zero-order valence-corrected chi connectivity index (χ0v) is 11.1. The summed E-state index contributed by atoms with van der Waals surface area (Å²) in [4.78, 5) is 21.7. The molecule has 0 radical (unpaired) electrons. The van der Waals surface area contributed by atoms with E-state index in [-0.39, 0.29) is 6.03 Å². The molecule has 1 N–H and O–H groups in total. The third-order valence-corrected chi connectivity index (χ3v) is 3.17. The van der Waals surface area contributed by atoms with Gasteiger partial charge in [-0.05, 0) is 19.1 Å². The highest BCUT2D eigenvalue weighted by molar-refractivity contribution is 7.09. The fourth-order valence-electron chi connectivity index (χ4n) is 1.45. The van der Waals surface area contributed by atoms with Crippen LogP contribution in [0.15, 0.2) is 29.9 Å². The molecule has 5 nitrogen and oxygen atoms in total. The standard InChI is InChI=1S/C12H14N4OS/c1-9-14-11(8-18-9)7-16(2)12(17)15-10-3-5-13-6-4-10/h3-6,8H,7H2,1-2H3,(H,13,15,17). The van der Waals surface area contributed by atoms with E-state index in [1.54, 1.807) is 47.8 Å². The number of hydrogen-bond donors (Lipinski definition) is 1. The number of amides is 2. The molecule has 0 fully saturated rings. The molecule has 6 heteroatoms. The number of urea groups is 1. The van der Waals surface area contributed by atoms with Crippen molar-refractivity contribution in [2.75, 3.05) is 12.4 Å². The first-order valence-electron chi connectivity index (χ1n) is 5.48. The average Bonchev–Trinajstić information content (AvgIpc) is 2.76. The molecule has 0 saturated carbocycles. The fourth-order valence-corrected chi connectivity index (χ4v) is 2.05. The quantitative estimate of drug-likeness (QED) is 0.924. The minimum absolute atomic E-state index is 0.160. The van der Waals surface area contributed by atoms with Gasteiger partial charge in [-0.3, -0.25) is 4.98 Å². The van der Waals surface area contributed by atoms with Crippen LogP contribution in [0.25, 0.3) is 0 Å². The minimum atomic E-state index is -0.160. The molecule has 0 aliphatic carbocycles. The van der Waals surface area contributed by atoms with E-state index >= 15 is 0 Å². The molecule has 2 aromatic heterocycles. The zero-order valence-electron chi connectivity index (χ0n) is 10.3. The van der Waals surface area contributed by atoms with E-state index in [0.29, 0.717) is 6.54 Å². The molecule has 0 unspecified atom stereocenters. The Morgan fingerprint density at radius 3 is 2.78 bits per heavy atom. The summed E-state index contributed by atoms with van der Waals surface area (Å²) < 4.78 is 0. The first kappa shape index (κ1) is 12.5. The molecule has 2 rings (SSSR count). The lowest BCUT2D eigenvalue weighted by Gasteiger charge is -2.16. The van der Waals surface area contributed by atoms with E-state index in [9.17, 15) is 4.79 Å². The van der Waals surface area contributed by atoms with E-state index in [2.05, 4.69) is 15.3 Å². The Kier molecular flexibility index (Phi) is 3.88. The maximum Gasteiger partial charge on any atom is 0.321 e. The van der Waals surface area contributed by atoms with E-state index in [1.807, 2.05) is 12.3 Å². The average molecular weight is 262 g/mol. The Balaban J connectivity index is 1.93.